The van der Waals surface area contributed by atoms with Crippen molar-refractivity contribution in [2.45, 2.75) is 50.3 Å². The Kier molecular flexibility index (Phi) is 8.73. The zero-order valence-corrected chi connectivity index (χ0v) is 18.0. The summed E-state index contributed by atoms with van der Waals surface area (Å²) in [4.78, 5) is 12.4. The van der Waals surface area contributed by atoms with Crippen LogP contribution in [0.1, 0.15) is 45.6 Å². The minimum Gasteiger partial charge on any atom is -0.356 e. The van der Waals surface area contributed by atoms with Gasteiger partial charge in [0.25, 0.3) is 0 Å². The molecule has 0 bridgehead atoms. The van der Waals surface area contributed by atoms with Crippen LogP contribution in [0.5, 0.6) is 0 Å². The summed E-state index contributed by atoms with van der Waals surface area (Å²) in [5.41, 5.74) is 6.51. The van der Waals surface area contributed by atoms with E-state index in [9.17, 15) is 13.2 Å². The first kappa shape index (κ1) is 23.9. The molecule has 0 aliphatic carbocycles. The van der Waals surface area contributed by atoms with Crippen molar-refractivity contribution in [1.29, 1.82) is 0 Å². The molecule has 154 valence electrons. The van der Waals surface area contributed by atoms with Crippen molar-refractivity contribution >= 4 is 28.3 Å². The van der Waals surface area contributed by atoms with Crippen molar-refractivity contribution in [2.75, 3.05) is 26.2 Å². The van der Waals surface area contributed by atoms with Gasteiger partial charge < -0.3 is 11.1 Å². The van der Waals surface area contributed by atoms with Gasteiger partial charge in [0, 0.05) is 25.6 Å². The molecule has 1 saturated heterocycles. The normalized spacial score (nSPS) is 16.6. The molecule has 27 heavy (non-hydrogen) atoms. The fraction of sp³-hybridized carbons (Fsp3) is 0.632. The van der Waals surface area contributed by atoms with Crippen LogP contribution < -0.4 is 11.1 Å². The number of nitrogens with one attached hydrogen (secondary N) is 1. The number of piperidine rings is 1. The van der Waals surface area contributed by atoms with Crippen LogP contribution >= 0.6 is 12.4 Å². The molecule has 2 rings (SSSR count). The van der Waals surface area contributed by atoms with Gasteiger partial charge >= 0.3 is 0 Å². The summed E-state index contributed by atoms with van der Waals surface area (Å²) in [7, 11) is -3.51. The van der Waals surface area contributed by atoms with Gasteiger partial charge in [-0.15, -0.1) is 12.4 Å². The van der Waals surface area contributed by atoms with Gasteiger partial charge in [-0.25, -0.2) is 8.42 Å². The maximum absolute atomic E-state index is 12.8. The number of carbonyl (C=O) groups is 1. The highest BCUT2D eigenvalue weighted by atomic mass is 35.5. The topological polar surface area (TPSA) is 92.5 Å². The molecule has 8 heteroatoms. The van der Waals surface area contributed by atoms with Crippen LogP contribution in [-0.2, 0) is 20.2 Å². The number of halogens is 1. The summed E-state index contributed by atoms with van der Waals surface area (Å²) in [6.45, 7) is 8.16. The first-order chi connectivity index (χ1) is 12.2. The van der Waals surface area contributed by atoms with E-state index < -0.39 is 10.0 Å². The van der Waals surface area contributed by atoms with E-state index in [1.807, 2.05) is 12.1 Å². The van der Waals surface area contributed by atoms with E-state index in [1.165, 1.54) is 4.31 Å². The monoisotopic (exact) mass is 417 g/mol. The van der Waals surface area contributed by atoms with Gasteiger partial charge in [-0.3, -0.25) is 4.79 Å². The highest BCUT2D eigenvalue weighted by Gasteiger charge is 2.32. The van der Waals surface area contributed by atoms with Crippen LogP contribution in [0.2, 0.25) is 0 Å². The Morgan fingerprint density at radius 1 is 1.19 bits per heavy atom. The minimum atomic E-state index is -3.51. The van der Waals surface area contributed by atoms with E-state index in [4.69, 9.17) is 5.73 Å². The predicted molar refractivity (Wildman–Crippen MR) is 111 cm³/mol. The number of amides is 1. The predicted octanol–water partition coefficient (Wildman–Crippen LogP) is 2.27. The molecule has 0 radical (unpaired) electrons. The largest absolute Gasteiger partial charge is 0.356 e. The zero-order chi connectivity index (χ0) is 19.4. The van der Waals surface area contributed by atoms with Crippen molar-refractivity contribution in [1.82, 2.24) is 9.62 Å². The number of carbonyl (C=O) groups excluding carboxylic acids is 1. The highest BCUT2D eigenvalue weighted by Crippen LogP contribution is 2.27. The average molecular weight is 418 g/mol. The summed E-state index contributed by atoms with van der Waals surface area (Å²) in [6, 6.07) is 7.12. The molecule has 1 heterocycles. The highest BCUT2D eigenvalue weighted by molar-refractivity contribution is 7.89. The van der Waals surface area contributed by atoms with Crippen molar-refractivity contribution in [3.63, 3.8) is 0 Å². The molecular weight excluding hydrogens is 386 g/mol. The standard InChI is InChI=1S/C19H31N3O3S.ClH/c1-19(2,3)16-5-7-17(8-6-16)26(24,25)22-13-9-15(10-14-22)18(23)21-12-4-11-20;/h5-8,15H,4,9-14,20H2,1-3H3,(H,21,23);1H. The van der Waals surface area contributed by atoms with Crippen LogP contribution in [0.15, 0.2) is 29.2 Å². The van der Waals surface area contributed by atoms with Gasteiger partial charge in [0.05, 0.1) is 4.90 Å². The van der Waals surface area contributed by atoms with E-state index in [0.717, 1.165) is 12.0 Å². The van der Waals surface area contributed by atoms with Crippen LogP contribution in [0.3, 0.4) is 0 Å². The zero-order valence-electron chi connectivity index (χ0n) is 16.4. The quantitative estimate of drug-likeness (QED) is 0.694. The van der Waals surface area contributed by atoms with Gasteiger partial charge in [0.1, 0.15) is 0 Å². The number of nitrogens with zero attached hydrogens (tertiary/aromatic N) is 1. The summed E-state index contributed by atoms with van der Waals surface area (Å²) in [5.74, 6) is -0.118. The number of nitrogens with two attached hydrogens (primary N) is 1. The molecule has 0 aromatic heterocycles. The molecule has 1 fully saturated rings. The third-order valence-electron chi connectivity index (χ3n) is 4.86. The molecule has 3 N–H and O–H groups in total. The van der Waals surface area contributed by atoms with Crippen molar-refractivity contribution in [3.8, 4) is 0 Å². The lowest BCUT2D eigenvalue weighted by molar-refractivity contribution is -0.126. The summed E-state index contributed by atoms with van der Waals surface area (Å²) in [6.07, 6.45) is 1.85. The van der Waals surface area contributed by atoms with E-state index in [2.05, 4.69) is 26.1 Å². The molecular formula is C19H32ClN3O3S. The smallest absolute Gasteiger partial charge is 0.243 e. The Balaban J connectivity index is 0.00000364. The maximum Gasteiger partial charge on any atom is 0.243 e. The molecule has 0 saturated carbocycles. The van der Waals surface area contributed by atoms with Crippen molar-refractivity contribution < 1.29 is 13.2 Å². The van der Waals surface area contributed by atoms with Gasteiger partial charge in [0.2, 0.25) is 15.9 Å². The second kappa shape index (κ2) is 9.87. The van der Waals surface area contributed by atoms with Crippen LogP contribution in [-0.4, -0.2) is 44.8 Å². The molecule has 1 aromatic carbocycles. The number of benzene rings is 1. The van der Waals surface area contributed by atoms with Gasteiger partial charge in [-0.2, -0.15) is 4.31 Å². The van der Waals surface area contributed by atoms with Crippen LogP contribution in [0.25, 0.3) is 0 Å². The number of hydrogen-bond donors (Lipinski definition) is 2. The minimum absolute atomic E-state index is 0. The van der Waals surface area contributed by atoms with Crippen LogP contribution in [0.4, 0.5) is 0 Å². The first-order valence-corrected chi connectivity index (χ1v) is 10.7. The van der Waals surface area contributed by atoms with E-state index in [-0.39, 0.29) is 29.6 Å². The summed E-state index contributed by atoms with van der Waals surface area (Å²) >= 11 is 0. The fourth-order valence-electron chi connectivity index (χ4n) is 3.09. The van der Waals surface area contributed by atoms with Gasteiger partial charge in [-0.1, -0.05) is 32.9 Å². The van der Waals surface area contributed by atoms with Gasteiger partial charge in [0.15, 0.2) is 0 Å². The summed E-state index contributed by atoms with van der Waals surface area (Å²) < 4.78 is 27.2. The number of sulfonamides is 1. The fourth-order valence-corrected chi connectivity index (χ4v) is 4.56. The van der Waals surface area contributed by atoms with Crippen molar-refractivity contribution in [2.24, 2.45) is 11.7 Å². The molecule has 0 atom stereocenters. The Hall–Kier alpha value is -1.15. The second-order valence-electron chi connectivity index (χ2n) is 7.89. The molecule has 1 aliphatic rings. The number of rotatable bonds is 6. The Bertz CT molecular complexity index is 707. The third kappa shape index (κ3) is 6.17. The van der Waals surface area contributed by atoms with Crippen molar-refractivity contribution in [3.05, 3.63) is 29.8 Å². The van der Waals surface area contributed by atoms with E-state index in [0.29, 0.717) is 43.9 Å². The second-order valence-corrected chi connectivity index (χ2v) is 9.82. The molecule has 1 aromatic rings. The molecule has 1 aliphatic heterocycles. The lowest BCUT2D eigenvalue weighted by Gasteiger charge is -2.30. The van der Waals surface area contributed by atoms with Crippen LogP contribution in [0, 0.1) is 5.92 Å². The third-order valence-corrected chi connectivity index (χ3v) is 6.78. The Morgan fingerprint density at radius 2 is 1.74 bits per heavy atom. The Labute approximate surface area is 169 Å². The maximum atomic E-state index is 12.8. The molecule has 1 amide bonds. The number of hydrogen-bond acceptors (Lipinski definition) is 4. The van der Waals surface area contributed by atoms with Gasteiger partial charge in [-0.05, 0) is 48.9 Å². The first-order valence-electron chi connectivity index (χ1n) is 9.24. The van der Waals surface area contributed by atoms with E-state index in [1.54, 1.807) is 12.1 Å². The SMILES string of the molecule is CC(C)(C)c1ccc(S(=O)(=O)N2CCC(C(=O)NCCCN)CC2)cc1.Cl. The summed E-state index contributed by atoms with van der Waals surface area (Å²) in [5, 5.41) is 2.87. The lowest BCUT2D eigenvalue weighted by atomic mass is 9.87. The Morgan fingerprint density at radius 3 is 2.22 bits per heavy atom. The molecule has 6 nitrogen and oxygen atoms in total. The van der Waals surface area contributed by atoms with E-state index >= 15 is 0 Å². The average Bonchev–Trinajstić information content (AvgIpc) is 2.61. The molecule has 0 unspecified atom stereocenters. The lowest BCUT2D eigenvalue weighted by Crippen LogP contribution is -2.43. The molecule has 0 spiro atoms.